The van der Waals surface area contributed by atoms with Crippen molar-refractivity contribution in [2.24, 2.45) is 0 Å². The first-order valence-corrected chi connectivity index (χ1v) is 12.6. The Morgan fingerprint density at radius 3 is 2.14 bits per heavy atom. The van der Waals surface area contributed by atoms with Gasteiger partial charge in [-0.1, -0.05) is 56.9 Å². The van der Waals surface area contributed by atoms with Crippen LogP contribution in [0.2, 0.25) is 0 Å². The quantitative estimate of drug-likeness (QED) is 0.111. The Hall–Kier alpha value is -3.41. The van der Waals surface area contributed by atoms with Crippen molar-refractivity contribution >= 4 is 10.8 Å². The molecule has 4 rings (SSSR count). The highest BCUT2D eigenvalue weighted by molar-refractivity contribution is 5.88. The van der Waals surface area contributed by atoms with E-state index in [1.165, 1.54) is 25.3 Å². The minimum atomic E-state index is -1.52. The van der Waals surface area contributed by atoms with Gasteiger partial charge in [0.05, 0.1) is 6.61 Å². The number of halogens is 5. The Labute approximate surface area is 213 Å². The molecule has 194 valence electrons. The Bertz CT molecular complexity index is 1360. The van der Waals surface area contributed by atoms with Crippen LogP contribution in [0, 0.1) is 29.1 Å². The van der Waals surface area contributed by atoms with Crippen molar-refractivity contribution < 1.29 is 26.7 Å². The van der Waals surface area contributed by atoms with Gasteiger partial charge < -0.3 is 4.74 Å². The van der Waals surface area contributed by atoms with Gasteiger partial charge in [-0.3, -0.25) is 0 Å². The van der Waals surface area contributed by atoms with Gasteiger partial charge in [0, 0.05) is 17.0 Å². The van der Waals surface area contributed by atoms with Gasteiger partial charge >= 0.3 is 0 Å². The molecule has 0 radical (unpaired) electrons. The number of rotatable bonds is 11. The second-order valence-corrected chi connectivity index (χ2v) is 9.25. The Balaban J connectivity index is 1.45. The van der Waals surface area contributed by atoms with Crippen LogP contribution in [0.4, 0.5) is 22.0 Å². The van der Waals surface area contributed by atoms with Crippen molar-refractivity contribution in [1.29, 1.82) is 0 Å². The van der Waals surface area contributed by atoms with E-state index in [1.54, 1.807) is 42.5 Å². The largest absolute Gasteiger partial charge is 0.493 e. The van der Waals surface area contributed by atoms with Crippen LogP contribution in [-0.2, 0) is 12.8 Å². The smallest absolute Gasteiger partial charge is 0.194 e. The molecule has 0 N–H and O–H groups in total. The van der Waals surface area contributed by atoms with Crippen molar-refractivity contribution in [2.45, 2.75) is 51.9 Å². The summed E-state index contributed by atoms with van der Waals surface area (Å²) >= 11 is 0. The summed E-state index contributed by atoms with van der Waals surface area (Å²) in [6, 6.07) is 14.9. The molecule has 4 aromatic rings. The maximum absolute atomic E-state index is 15.2. The van der Waals surface area contributed by atoms with Gasteiger partial charge in [0.2, 0.25) is 0 Å². The van der Waals surface area contributed by atoms with Crippen LogP contribution in [0.5, 0.6) is 5.75 Å². The summed E-state index contributed by atoms with van der Waals surface area (Å²) in [6.45, 7) is 2.71. The lowest BCUT2D eigenvalue weighted by molar-refractivity contribution is 0.303. The summed E-state index contributed by atoms with van der Waals surface area (Å²) in [7, 11) is 0. The topological polar surface area (TPSA) is 9.23 Å². The lowest BCUT2D eigenvalue weighted by atomic mass is 9.97. The van der Waals surface area contributed by atoms with E-state index in [4.69, 9.17) is 4.74 Å². The summed E-state index contributed by atoms with van der Waals surface area (Å²) in [4.78, 5) is 0. The molecule has 1 nitrogen and oxygen atoms in total. The van der Waals surface area contributed by atoms with Gasteiger partial charge in [-0.05, 0) is 71.7 Å². The van der Waals surface area contributed by atoms with Crippen LogP contribution >= 0.6 is 0 Å². The van der Waals surface area contributed by atoms with E-state index in [1.807, 2.05) is 0 Å². The molecule has 0 saturated carbocycles. The lowest BCUT2D eigenvalue weighted by Crippen LogP contribution is -1.99. The summed E-state index contributed by atoms with van der Waals surface area (Å²) < 4.78 is 75.8. The summed E-state index contributed by atoms with van der Waals surface area (Å²) in [6.07, 6.45) is 5.91. The lowest BCUT2D eigenvalue weighted by Gasteiger charge is -2.11. The van der Waals surface area contributed by atoms with Crippen LogP contribution < -0.4 is 4.74 Å². The molecule has 0 spiro atoms. The molecular weight excluding hydrogens is 483 g/mol. The number of hydrogen-bond donors (Lipinski definition) is 0. The third-order valence-electron chi connectivity index (χ3n) is 6.53. The summed E-state index contributed by atoms with van der Waals surface area (Å²) in [5.74, 6) is -4.44. The minimum Gasteiger partial charge on any atom is -0.493 e. The molecule has 0 fully saturated rings. The molecule has 6 heteroatoms. The fourth-order valence-corrected chi connectivity index (χ4v) is 4.44. The van der Waals surface area contributed by atoms with E-state index < -0.39 is 29.1 Å². The van der Waals surface area contributed by atoms with E-state index in [-0.39, 0.29) is 18.4 Å². The number of ether oxygens (including phenoxy) is 1. The molecule has 0 aliphatic rings. The fourth-order valence-electron chi connectivity index (χ4n) is 4.44. The van der Waals surface area contributed by atoms with E-state index >= 15 is 4.39 Å². The molecule has 4 aromatic carbocycles. The highest BCUT2D eigenvalue weighted by Gasteiger charge is 2.14. The molecule has 0 aromatic heterocycles. The Morgan fingerprint density at radius 1 is 0.649 bits per heavy atom. The molecule has 0 aliphatic carbocycles. The van der Waals surface area contributed by atoms with Gasteiger partial charge in [0.1, 0.15) is 17.4 Å². The molecule has 0 bridgehead atoms. The normalized spacial score (nSPS) is 11.3. The van der Waals surface area contributed by atoms with Gasteiger partial charge in [0.25, 0.3) is 0 Å². The SMILES string of the molecule is CCCCCCCOc1ccc(-c2ccc3c(F)c(CCc4cc(F)c(F)c(F)c4)ccc3c2)c(F)c1. The van der Waals surface area contributed by atoms with Gasteiger partial charge in [0.15, 0.2) is 17.5 Å². The first-order chi connectivity index (χ1) is 17.9. The predicted octanol–water partition coefficient (Wildman–Crippen LogP) is 9.34. The molecule has 37 heavy (non-hydrogen) atoms. The third-order valence-corrected chi connectivity index (χ3v) is 6.53. The number of hydrogen-bond acceptors (Lipinski definition) is 1. The maximum Gasteiger partial charge on any atom is 0.194 e. The molecule has 0 unspecified atom stereocenters. The third kappa shape index (κ3) is 6.48. The molecule has 0 heterocycles. The van der Waals surface area contributed by atoms with Crippen molar-refractivity contribution in [2.75, 3.05) is 6.61 Å². The zero-order valence-corrected chi connectivity index (χ0v) is 20.7. The van der Waals surface area contributed by atoms with E-state index in [2.05, 4.69) is 6.92 Å². The second kappa shape index (κ2) is 12.2. The first-order valence-electron chi connectivity index (χ1n) is 12.6. The second-order valence-electron chi connectivity index (χ2n) is 9.25. The standard InChI is InChI=1S/C31H29F5O/c1-2-3-4-5-6-15-37-24-12-14-25(27(32)19-24)22-11-13-26-23(18-22)10-9-21(30(26)35)8-7-20-16-28(33)31(36)29(34)17-20/h9-14,16-19H,2-8,15H2,1H3. The zero-order valence-electron chi connectivity index (χ0n) is 20.7. The van der Waals surface area contributed by atoms with Crippen LogP contribution in [-0.4, -0.2) is 6.61 Å². The van der Waals surface area contributed by atoms with Crippen LogP contribution in [0.1, 0.15) is 50.2 Å². The van der Waals surface area contributed by atoms with Crippen molar-refractivity contribution in [3.63, 3.8) is 0 Å². The fraction of sp³-hybridized carbons (Fsp3) is 0.290. The number of fused-ring (bicyclic) bond motifs is 1. The number of aryl methyl sites for hydroxylation is 2. The number of unbranched alkanes of at least 4 members (excludes halogenated alkanes) is 4. The van der Waals surface area contributed by atoms with Crippen molar-refractivity contribution in [1.82, 2.24) is 0 Å². The summed E-state index contributed by atoms with van der Waals surface area (Å²) in [5, 5.41) is 0.963. The first kappa shape index (κ1) is 26.6. The van der Waals surface area contributed by atoms with E-state index in [9.17, 15) is 17.6 Å². The van der Waals surface area contributed by atoms with Gasteiger partial charge in [-0.2, -0.15) is 0 Å². The van der Waals surface area contributed by atoms with Gasteiger partial charge in [-0.25, -0.2) is 22.0 Å². The maximum atomic E-state index is 15.2. The molecule has 0 saturated heterocycles. The summed E-state index contributed by atoms with van der Waals surface area (Å²) in [5.41, 5.74) is 1.61. The number of benzene rings is 4. The zero-order chi connectivity index (χ0) is 26.4. The monoisotopic (exact) mass is 512 g/mol. The van der Waals surface area contributed by atoms with E-state index in [0.717, 1.165) is 25.0 Å². The van der Waals surface area contributed by atoms with Crippen LogP contribution in [0.3, 0.4) is 0 Å². The van der Waals surface area contributed by atoms with Crippen LogP contribution in [0.25, 0.3) is 21.9 Å². The van der Waals surface area contributed by atoms with Crippen molar-refractivity contribution in [3.05, 3.63) is 101 Å². The average Bonchev–Trinajstić information content (AvgIpc) is 2.88. The molecular formula is C31H29F5O. The van der Waals surface area contributed by atoms with Gasteiger partial charge in [-0.15, -0.1) is 0 Å². The molecule has 0 atom stereocenters. The predicted molar refractivity (Wildman–Crippen MR) is 137 cm³/mol. The minimum absolute atomic E-state index is 0.146. The average molecular weight is 513 g/mol. The van der Waals surface area contributed by atoms with Crippen LogP contribution in [0.15, 0.2) is 60.7 Å². The molecule has 0 aliphatic heterocycles. The molecule has 0 amide bonds. The Morgan fingerprint density at radius 2 is 1.41 bits per heavy atom. The van der Waals surface area contributed by atoms with E-state index in [0.29, 0.717) is 39.8 Å². The highest BCUT2D eigenvalue weighted by atomic mass is 19.2. The highest BCUT2D eigenvalue weighted by Crippen LogP contribution is 2.31. The van der Waals surface area contributed by atoms with Crippen molar-refractivity contribution in [3.8, 4) is 16.9 Å². The Kier molecular flexibility index (Phi) is 8.80.